The summed E-state index contributed by atoms with van der Waals surface area (Å²) in [4.78, 5) is 33.6. The van der Waals surface area contributed by atoms with Gasteiger partial charge in [0.25, 0.3) is 0 Å². The average Bonchev–Trinajstić information content (AvgIpc) is 3.35. The molecule has 2 aliphatic rings. The highest BCUT2D eigenvalue weighted by Gasteiger charge is 2.22. The molecule has 28 heavy (non-hydrogen) atoms. The second-order valence-electron chi connectivity index (χ2n) is 7.05. The molecule has 148 valence electrons. The lowest BCUT2D eigenvalue weighted by Crippen LogP contribution is -2.20. The second-order valence-corrected chi connectivity index (χ2v) is 8.12. The van der Waals surface area contributed by atoms with Gasteiger partial charge in [0.15, 0.2) is 5.17 Å². The molecule has 2 aromatic rings. The van der Waals surface area contributed by atoms with Crippen LogP contribution in [0.2, 0.25) is 0 Å². The van der Waals surface area contributed by atoms with Crippen LogP contribution < -0.4 is 5.32 Å². The van der Waals surface area contributed by atoms with Crippen LogP contribution in [-0.4, -0.2) is 45.0 Å². The number of imidazole rings is 1. The maximum absolute atomic E-state index is 12.6. The number of amides is 1. The minimum atomic E-state index is -0.310. The van der Waals surface area contributed by atoms with Gasteiger partial charge in [0.2, 0.25) is 11.9 Å². The van der Waals surface area contributed by atoms with Gasteiger partial charge in [-0.3, -0.25) is 19.7 Å². The van der Waals surface area contributed by atoms with Crippen molar-refractivity contribution in [2.45, 2.75) is 51.6 Å². The monoisotopic (exact) mass is 400 g/mol. The molecule has 0 saturated heterocycles. The van der Waals surface area contributed by atoms with E-state index < -0.39 is 0 Å². The Morgan fingerprint density at radius 1 is 1.29 bits per heavy atom. The Balaban J connectivity index is 1.65. The van der Waals surface area contributed by atoms with Gasteiger partial charge >= 0.3 is 5.97 Å². The summed E-state index contributed by atoms with van der Waals surface area (Å²) < 4.78 is 7.53. The highest BCUT2D eigenvalue weighted by atomic mass is 32.2. The Hall–Kier alpha value is -2.35. The topological polar surface area (TPSA) is 85.6 Å². The van der Waals surface area contributed by atoms with E-state index in [9.17, 15) is 9.59 Å². The van der Waals surface area contributed by atoms with E-state index in [1.54, 1.807) is 30.8 Å². The van der Waals surface area contributed by atoms with Crippen LogP contribution in [0.5, 0.6) is 0 Å². The van der Waals surface area contributed by atoms with Gasteiger partial charge in [-0.1, -0.05) is 25.1 Å². The number of hydrogen-bond acceptors (Lipinski definition) is 6. The van der Waals surface area contributed by atoms with Crippen molar-refractivity contribution in [3.8, 4) is 0 Å². The summed E-state index contributed by atoms with van der Waals surface area (Å²) in [6.45, 7) is 2.54. The van der Waals surface area contributed by atoms with Crippen molar-refractivity contribution in [3.63, 3.8) is 0 Å². The lowest BCUT2D eigenvalue weighted by atomic mass is 9.98. The Morgan fingerprint density at radius 3 is 2.82 bits per heavy atom. The van der Waals surface area contributed by atoms with E-state index in [1.807, 2.05) is 10.6 Å². The van der Waals surface area contributed by atoms with Crippen molar-refractivity contribution >= 4 is 45.8 Å². The molecule has 1 N–H and O–H groups in total. The van der Waals surface area contributed by atoms with E-state index in [1.165, 1.54) is 6.42 Å². The maximum atomic E-state index is 12.6. The molecule has 1 amide bonds. The molecule has 1 fully saturated rings. The molecular formula is C20H24N4O3S. The van der Waals surface area contributed by atoms with Crippen molar-refractivity contribution in [2.24, 2.45) is 4.99 Å². The number of ether oxygens (including phenoxy) is 1. The molecule has 1 aromatic carbocycles. The number of thioether (sulfide) groups is 1. The van der Waals surface area contributed by atoms with Gasteiger partial charge in [-0.05, 0) is 43.9 Å². The highest BCUT2D eigenvalue weighted by molar-refractivity contribution is 8.14. The van der Waals surface area contributed by atoms with Gasteiger partial charge in [-0.25, -0.2) is 9.78 Å². The molecular weight excluding hydrogens is 376 g/mol. The van der Waals surface area contributed by atoms with E-state index in [0.717, 1.165) is 48.7 Å². The zero-order valence-corrected chi connectivity index (χ0v) is 16.8. The number of aromatic nitrogens is 2. The van der Waals surface area contributed by atoms with Gasteiger partial charge in [0.1, 0.15) is 6.10 Å². The summed E-state index contributed by atoms with van der Waals surface area (Å²) in [5.41, 5.74) is 1.94. The van der Waals surface area contributed by atoms with Gasteiger partial charge in [-0.15, -0.1) is 0 Å². The maximum Gasteiger partial charge on any atom is 0.338 e. The molecule has 1 saturated carbocycles. The number of nitrogens with zero attached hydrogens (tertiary/aromatic N) is 3. The van der Waals surface area contributed by atoms with Crippen LogP contribution in [0.25, 0.3) is 11.0 Å². The Bertz CT molecular complexity index is 931. The van der Waals surface area contributed by atoms with Gasteiger partial charge in [-0.2, -0.15) is 0 Å². The number of rotatable bonds is 4. The third-order valence-electron chi connectivity index (χ3n) is 5.05. The number of carbonyl (C=O) groups excluding carboxylic acids is 2. The lowest BCUT2D eigenvalue weighted by Gasteiger charge is -2.21. The van der Waals surface area contributed by atoms with Crippen molar-refractivity contribution in [1.82, 2.24) is 9.55 Å². The molecule has 8 heteroatoms. The number of esters is 1. The summed E-state index contributed by atoms with van der Waals surface area (Å²) >= 11 is 1.63. The first-order valence-corrected chi connectivity index (χ1v) is 10.8. The van der Waals surface area contributed by atoms with E-state index >= 15 is 0 Å². The number of hydrogen-bond donors (Lipinski definition) is 1. The number of fused-ring (bicyclic) bond motifs is 1. The van der Waals surface area contributed by atoms with E-state index in [0.29, 0.717) is 23.4 Å². The molecule has 4 rings (SSSR count). The van der Waals surface area contributed by atoms with Crippen LogP contribution in [0.1, 0.15) is 55.8 Å². The molecule has 1 aromatic heterocycles. The molecule has 0 radical (unpaired) electrons. The van der Waals surface area contributed by atoms with Gasteiger partial charge in [0.05, 0.1) is 23.1 Å². The minimum absolute atomic E-state index is 0.0122. The Kier molecular flexibility index (Phi) is 5.66. The van der Waals surface area contributed by atoms with Crippen LogP contribution in [0.3, 0.4) is 0 Å². The lowest BCUT2D eigenvalue weighted by molar-refractivity contribution is -0.115. The predicted octanol–water partition coefficient (Wildman–Crippen LogP) is 3.83. The largest absolute Gasteiger partial charge is 0.459 e. The molecule has 0 bridgehead atoms. The fourth-order valence-electron chi connectivity index (χ4n) is 3.56. The molecule has 1 aliphatic carbocycles. The van der Waals surface area contributed by atoms with Crippen LogP contribution in [0.4, 0.5) is 5.95 Å². The first-order chi connectivity index (χ1) is 13.7. The second kappa shape index (κ2) is 8.34. The van der Waals surface area contributed by atoms with E-state index in [2.05, 4.69) is 15.3 Å². The normalized spacial score (nSPS) is 17.5. The van der Waals surface area contributed by atoms with Gasteiger partial charge in [0, 0.05) is 12.2 Å². The number of benzene rings is 1. The number of nitrogens with one attached hydrogen (secondary N) is 1. The third-order valence-corrected chi connectivity index (χ3v) is 6.01. The van der Waals surface area contributed by atoms with Gasteiger partial charge < -0.3 is 4.74 Å². The van der Waals surface area contributed by atoms with Crippen molar-refractivity contribution in [3.05, 3.63) is 23.8 Å². The summed E-state index contributed by atoms with van der Waals surface area (Å²) in [5.74, 6) is 0.919. The smallest absolute Gasteiger partial charge is 0.338 e. The number of aliphatic imine (C=N–C) groups is 1. The van der Waals surface area contributed by atoms with Crippen LogP contribution >= 0.6 is 11.8 Å². The molecule has 2 heterocycles. The fraction of sp³-hybridized carbons (Fsp3) is 0.500. The first-order valence-electron chi connectivity index (χ1n) is 9.86. The van der Waals surface area contributed by atoms with Crippen molar-refractivity contribution < 1.29 is 14.3 Å². The van der Waals surface area contributed by atoms with Crippen LogP contribution in [0, 0.1) is 0 Å². The van der Waals surface area contributed by atoms with Crippen LogP contribution in [-0.2, 0) is 9.53 Å². The summed E-state index contributed by atoms with van der Waals surface area (Å²) in [6, 6.07) is 5.35. The molecule has 7 nitrogen and oxygen atoms in total. The Morgan fingerprint density at radius 2 is 2.11 bits per heavy atom. The van der Waals surface area contributed by atoms with Crippen LogP contribution in [0.15, 0.2) is 23.2 Å². The molecule has 0 spiro atoms. The molecule has 1 aliphatic heterocycles. The standard InChI is InChI=1S/C20H24N4O3S/c1-2-17(25)23-19-22-15-12-13(18(26)27-14-6-4-3-5-7-14)8-9-16(15)24(19)20-21-10-11-28-20/h8-9,12,14H,2-7,10-11H2,1H3,(H,22,23,25). The minimum Gasteiger partial charge on any atom is -0.459 e. The zero-order chi connectivity index (χ0) is 19.5. The van der Waals surface area contributed by atoms with Crippen molar-refractivity contribution in [1.29, 1.82) is 0 Å². The highest BCUT2D eigenvalue weighted by Crippen LogP contribution is 2.27. The quantitative estimate of drug-likeness (QED) is 0.789. The molecule has 0 unspecified atom stereocenters. The Labute approximate surface area is 167 Å². The zero-order valence-electron chi connectivity index (χ0n) is 15.9. The molecule has 0 atom stereocenters. The van der Waals surface area contributed by atoms with E-state index in [4.69, 9.17) is 4.74 Å². The number of carbonyl (C=O) groups is 2. The summed E-state index contributed by atoms with van der Waals surface area (Å²) in [5, 5.41) is 3.65. The SMILES string of the molecule is CCC(=O)Nc1nc2cc(C(=O)OC3CCCCC3)ccc2n1C1=NCCS1. The summed E-state index contributed by atoms with van der Waals surface area (Å²) in [6.07, 6.45) is 5.69. The summed E-state index contributed by atoms with van der Waals surface area (Å²) in [7, 11) is 0. The average molecular weight is 401 g/mol. The number of anilines is 1. The van der Waals surface area contributed by atoms with E-state index in [-0.39, 0.29) is 18.0 Å². The fourth-order valence-corrected chi connectivity index (χ4v) is 4.42. The first kappa shape index (κ1) is 19.0. The third kappa shape index (κ3) is 3.92. The van der Waals surface area contributed by atoms with Crippen molar-refractivity contribution in [2.75, 3.05) is 17.6 Å². The predicted molar refractivity (Wildman–Crippen MR) is 111 cm³/mol.